The highest BCUT2D eigenvalue weighted by atomic mass is 16.3. The highest BCUT2D eigenvalue weighted by Gasteiger charge is 2.11. The Hall–Kier alpha value is -1.29. The van der Waals surface area contributed by atoms with E-state index in [9.17, 15) is 4.79 Å². The first-order valence-electron chi connectivity index (χ1n) is 6.19. The molecule has 0 aromatic carbocycles. The third kappa shape index (κ3) is 4.61. The van der Waals surface area contributed by atoms with Crippen LogP contribution in [-0.2, 0) is 4.79 Å². The zero-order valence-electron chi connectivity index (χ0n) is 10.8. The molecule has 0 spiro atoms. The third-order valence-corrected chi connectivity index (χ3v) is 2.63. The summed E-state index contributed by atoms with van der Waals surface area (Å²) in [7, 11) is 0. The van der Waals surface area contributed by atoms with Gasteiger partial charge in [-0.2, -0.15) is 0 Å². The fourth-order valence-electron chi connectivity index (χ4n) is 1.57. The van der Waals surface area contributed by atoms with E-state index in [2.05, 4.69) is 17.6 Å². The Bertz CT molecular complexity index is 320. The van der Waals surface area contributed by atoms with Crippen LogP contribution >= 0.6 is 0 Å². The number of hydrogen-bond donors (Lipinski definition) is 2. The second-order valence-electron chi connectivity index (χ2n) is 4.38. The van der Waals surface area contributed by atoms with Gasteiger partial charge in [0.2, 0.25) is 5.91 Å². The molecule has 1 atom stereocenters. The summed E-state index contributed by atoms with van der Waals surface area (Å²) in [6.07, 6.45) is 2.64. The molecule has 1 aromatic heterocycles. The van der Waals surface area contributed by atoms with Crippen molar-refractivity contribution in [3.05, 3.63) is 24.2 Å². The molecular weight excluding hydrogens is 216 g/mol. The van der Waals surface area contributed by atoms with Gasteiger partial charge in [0.15, 0.2) is 0 Å². The maximum Gasteiger partial charge on any atom is 0.222 e. The molecular formula is C13H22N2O2. The van der Waals surface area contributed by atoms with Gasteiger partial charge in [-0.1, -0.05) is 20.8 Å². The average Bonchev–Trinajstić information content (AvgIpc) is 2.82. The van der Waals surface area contributed by atoms with Crippen molar-refractivity contribution in [3.8, 4) is 0 Å². The predicted octanol–water partition coefficient (Wildman–Crippen LogP) is 2.09. The van der Waals surface area contributed by atoms with Gasteiger partial charge < -0.3 is 15.1 Å². The SMILES string of the molecule is CCC(NCCNC(=O)C(C)C)c1ccco1. The normalized spacial score (nSPS) is 12.7. The Balaban J connectivity index is 2.23. The molecule has 96 valence electrons. The third-order valence-electron chi connectivity index (χ3n) is 2.63. The van der Waals surface area contributed by atoms with Crippen LogP contribution in [0.15, 0.2) is 22.8 Å². The minimum atomic E-state index is 0.0436. The lowest BCUT2D eigenvalue weighted by Crippen LogP contribution is -2.35. The van der Waals surface area contributed by atoms with Crippen molar-refractivity contribution in [2.75, 3.05) is 13.1 Å². The molecule has 4 heteroatoms. The number of nitrogens with one attached hydrogen (secondary N) is 2. The zero-order chi connectivity index (χ0) is 12.7. The highest BCUT2D eigenvalue weighted by molar-refractivity contribution is 5.77. The topological polar surface area (TPSA) is 54.3 Å². The quantitative estimate of drug-likeness (QED) is 0.715. The van der Waals surface area contributed by atoms with Gasteiger partial charge in [0.05, 0.1) is 12.3 Å². The van der Waals surface area contributed by atoms with E-state index in [1.165, 1.54) is 0 Å². The molecule has 0 saturated heterocycles. The van der Waals surface area contributed by atoms with Crippen molar-refractivity contribution >= 4 is 5.91 Å². The first-order chi connectivity index (χ1) is 8.15. The summed E-state index contributed by atoms with van der Waals surface area (Å²) >= 11 is 0. The highest BCUT2D eigenvalue weighted by Crippen LogP contribution is 2.15. The molecule has 0 radical (unpaired) electrons. The van der Waals surface area contributed by atoms with Crippen molar-refractivity contribution in [1.82, 2.24) is 10.6 Å². The van der Waals surface area contributed by atoms with Crippen LogP contribution in [0.5, 0.6) is 0 Å². The van der Waals surface area contributed by atoms with E-state index >= 15 is 0 Å². The van der Waals surface area contributed by atoms with Crippen molar-refractivity contribution in [2.45, 2.75) is 33.2 Å². The smallest absolute Gasteiger partial charge is 0.222 e. The minimum absolute atomic E-state index is 0.0436. The van der Waals surface area contributed by atoms with E-state index in [0.29, 0.717) is 6.54 Å². The lowest BCUT2D eigenvalue weighted by atomic mass is 10.1. The monoisotopic (exact) mass is 238 g/mol. The summed E-state index contributed by atoms with van der Waals surface area (Å²) in [5, 5.41) is 6.23. The molecule has 0 aliphatic rings. The minimum Gasteiger partial charge on any atom is -0.468 e. The predicted molar refractivity (Wildman–Crippen MR) is 67.6 cm³/mol. The summed E-state index contributed by atoms with van der Waals surface area (Å²) in [5.41, 5.74) is 0. The molecule has 1 amide bonds. The Kier molecular flexibility index (Phi) is 5.77. The van der Waals surface area contributed by atoms with Gasteiger partial charge in [-0.05, 0) is 18.6 Å². The zero-order valence-corrected chi connectivity index (χ0v) is 10.8. The molecule has 0 aliphatic heterocycles. The number of amides is 1. The summed E-state index contributed by atoms with van der Waals surface area (Å²) < 4.78 is 5.35. The van der Waals surface area contributed by atoms with Gasteiger partial charge in [-0.25, -0.2) is 0 Å². The van der Waals surface area contributed by atoms with E-state index in [0.717, 1.165) is 18.7 Å². The molecule has 0 bridgehead atoms. The molecule has 4 nitrogen and oxygen atoms in total. The number of rotatable bonds is 7. The molecule has 1 aromatic rings. The van der Waals surface area contributed by atoms with Crippen LogP contribution in [-0.4, -0.2) is 19.0 Å². The Morgan fingerprint density at radius 3 is 2.71 bits per heavy atom. The molecule has 0 aliphatic carbocycles. The van der Waals surface area contributed by atoms with Gasteiger partial charge in [-0.3, -0.25) is 4.79 Å². The van der Waals surface area contributed by atoms with Gasteiger partial charge in [-0.15, -0.1) is 0 Å². The van der Waals surface area contributed by atoms with E-state index in [4.69, 9.17) is 4.42 Å². The van der Waals surface area contributed by atoms with Crippen LogP contribution in [0, 0.1) is 5.92 Å². The maximum absolute atomic E-state index is 11.3. The lowest BCUT2D eigenvalue weighted by Gasteiger charge is -2.15. The standard InChI is InChI=1S/C13H22N2O2/c1-4-11(12-6-5-9-17-12)14-7-8-15-13(16)10(2)3/h5-6,9-11,14H,4,7-8H2,1-3H3,(H,15,16). The van der Waals surface area contributed by atoms with Crippen LogP contribution in [0.1, 0.15) is 39.0 Å². The molecule has 0 fully saturated rings. The van der Waals surface area contributed by atoms with Crippen molar-refractivity contribution in [2.24, 2.45) is 5.92 Å². The Labute approximate surface area is 103 Å². The van der Waals surface area contributed by atoms with Gasteiger partial charge in [0.25, 0.3) is 0 Å². The maximum atomic E-state index is 11.3. The number of furan rings is 1. The molecule has 2 N–H and O–H groups in total. The van der Waals surface area contributed by atoms with Gasteiger partial charge in [0.1, 0.15) is 5.76 Å². The van der Waals surface area contributed by atoms with E-state index in [1.807, 2.05) is 26.0 Å². The van der Waals surface area contributed by atoms with Gasteiger partial charge in [0, 0.05) is 19.0 Å². The van der Waals surface area contributed by atoms with Crippen LogP contribution in [0.3, 0.4) is 0 Å². The first kappa shape index (κ1) is 13.8. The first-order valence-corrected chi connectivity index (χ1v) is 6.19. The van der Waals surface area contributed by atoms with Gasteiger partial charge >= 0.3 is 0 Å². The fraction of sp³-hybridized carbons (Fsp3) is 0.615. The van der Waals surface area contributed by atoms with Crippen molar-refractivity contribution in [1.29, 1.82) is 0 Å². The van der Waals surface area contributed by atoms with Crippen molar-refractivity contribution in [3.63, 3.8) is 0 Å². The van der Waals surface area contributed by atoms with E-state index in [-0.39, 0.29) is 17.9 Å². The second kappa shape index (κ2) is 7.12. The van der Waals surface area contributed by atoms with Crippen LogP contribution in [0.4, 0.5) is 0 Å². The van der Waals surface area contributed by atoms with Crippen LogP contribution in [0.2, 0.25) is 0 Å². The molecule has 1 unspecified atom stereocenters. The molecule has 1 heterocycles. The van der Waals surface area contributed by atoms with Crippen LogP contribution < -0.4 is 10.6 Å². The number of carbonyl (C=O) groups is 1. The largest absolute Gasteiger partial charge is 0.468 e. The number of hydrogen-bond acceptors (Lipinski definition) is 3. The average molecular weight is 238 g/mol. The lowest BCUT2D eigenvalue weighted by molar-refractivity contribution is -0.123. The Morgan fingerprint density at radius 2 is 2.18 bits per heavy atom. The van der Waals surface area contributed by atoms with Crippen molar-refractivity contribution < 1.29 is 9.21 Å². The summed E-state index contributed by atoms with van der Waals surface area (Å²) in [6, 6.07) is 4.08. The second-order valence-corrected chi connectivity index (χ2v) is 4.38. The van der Waals surface area contributed by atoms with Crippen LogP contribution in [0.25, 0.3) is 0 Å². The molecule has 1 rings (SSSR count). The summed E-state index contributed by atoms with van der Waals surface area (Å²) in [5.74, 6) is 1.09. The molecule has 0 saturated carbocycles. The molecule has 17 heavy (non-hydrogen) atoms. The van der Waals surface area contributed by atoms with E-state index in [1.54, 1.807) is 6.26 Å². The van der Waals surface area contributed by atoms with E-state index < -0.39 is 0 Å². The summed E-state index contributed by atoms with van der Waals surface area (Å²) in [4.78, 5) is 11.3. The fourth-order valence-corrected chi connectivity index (χ4v) is 1.57. The summed E-state index contributed by atoms with van der Waals surface area (Å²) in [6.45, 7) is 7.28. The Morgan fingerprint density at radius 1 is 1.41 bits per heavy atom. The number of carbonyl (C=O) groups excluding carboxylic acids is 1.